The molecule has 50 heavy (non-hydrogen) atoms. The van der Waals surface area contributed by atoms with E-state index in [0.717, 1.165) is 11.1 Å². The van der Waals surface area contributed by atoms with Crippen LogP contribution in [0.2, 0.25) is 0 Å². The van der Waals surface area contributed by atoms with E-state index in [0.29, 0.717) is 62.3 Å². The Labute approximate surface area is 291 Å². The first-order valence-electron chi connectivity index (χ1n) is 16.0. The molecule has 1 amide bonds. The summed E-state index contributed by atoms with van der Waals surface area (Å²) in [7, 11) is 0. The fourth-order valence-electron chi connectivity index (χ4n) is 5.59. The summed E-state index contributed by atoms with van der Waals surface area (Å²) in [5, 5.41) is 14.0. The number of carbonyl (C=O) groups excluding carboxylic acids is 1. The second-order valence-corrected chi connectivity index (χ2v) is 12.3. The molecule has 6 rings (SSSR count). The third-order valence-electron chi connectivity index (χ3n) is 7.91. The number of aromatic nitrogens is 1. The van der Waals surface area contributed by atoms with Crippen LogP contribution in [-0.4, -0.2) is 28.6 Å². The van der Waals surface area contributed by atoms with Gasteiger partial charge in [-0.1, -0.05) is 47.7 Å². The molecular formula is C38H34N4O7S. The normalized spacial score (nSPS) is 14.1. The van der Waals surface area contributed by atoms with Gasteiger partial charge in [0.1, 0.15) is 12.4 Å². The van der Waals surface area contributed by atoms with Gasteiger partial charge >= 0.3 is 0 Å². The summed E-state index contributed by atoms with van der Waals surface area (Å²) < 4.78 is 19.5. The van der Waals surface area contributed by atoms with Crippen LogP contribution in [0.5, 0.6) is 17.2 Å². The average molecular weight is 691 g/mol. The molecule has 2 heterocycles. The van der Waals surface area contributed by atoms with Crippen LogP contribution in [0.15, 0.2) is 118 Å². The third kappa shape index (κ3) is 7.35. The highest BCUT2D eigenvalue weighted by Gasteiger charge is 2.32. The summed E-state index contributed by atoms with van der Waals surface area (Å²) in [4.78, 5) is 43.8. The van der Waals surface area contributed by atoms with Crippen LogP contribution in [0.4, 0.5) is 11.4 Å². The molecule has 4 aromatic carbocycles. The van der Waals surface area contributed by atoms with E-state index >= 15 is 0 Å². The lowest BCUT2D eigenvalue weighted by Crippen LogP contribution is -2.40. The maximum atomic E-state index is 14.2. The molecule has 11 nitrogen and oxygen atoms in total. The predicted octanol–water partition coefficient (Wildman–Crippen LogP) is 6.16. The van der Waals surface area contributed by atoms with E-state index in [2.05, 4.69) is 5.32 Å². The van der Waals surface area contributed by atoms with Gasteiger partial charge in [-0.2, -0.15) is 0 Å². The molecule has 0 bridgehead atoms. The van der Waals surface area contributed by atoms with E-state index in [1.165, 1.54) is 23.5 Å². The lowest BCUT2D eigenvalue weighted by Gasteiger charge is -2.25. The first-order chi connectivity index (χ1) is 24.2. The van der Waals surface area contributed by atoms with Gasteiger partial charge in [0, 0.05) is 17.8 Å². The molecule has 0 unspecified atom stereocenters. The number of nitro benzene ring substituents is 1. The zero-order chi connectivity index (χ0) is 35.2. The molecule has 0 fully saturated rings. The summed E-state index contributed by atoms with van der Waals surface area (Å²) in [6.45, 7) is 6.62. The van der Waals surface area contributed by atoms with E-state index in [4.69, 9.17) is 19.2 Å². The number of amides is 1. The Bertz CT molecular complexity index is 2240. The van der Waals surface area contributed by atoms with Gasteiger partial charge in [-0.05, 0) is 92.1 Å². The van der Waals surface area contributed by atoms with Crippen molar-refractivity contribution >= 4 is 34.7 Å². The molecule has 0 radical (unpaired) electrons. The number of nitrogens with one attached hydrogen (secondary N) is 1. The number of carbonyl (C=O) groups is 1. The van der Waals surface area contributed by atoms with Crippen molar-refractivity contribution in [2.24, 2.45) is 4.99 Å². The first-order valence-corrected chi connectivity index (χ1v) is 16.8. The third-order valence-corrected chi connectivity index (χ3v) is 8.89. The minimum atomic E-state index is -0.734. The van der Waals surface area contributed by atoms with Crippen LogP contribution in [0.3, 0.4) is 0 Å². The second-order valence-electron chi connectivity index (χ2n) is 11.3. The number of ether oxygens (including phenoxy) is 3. The smallest absolute Gasteiger partial charge is 0.271 e. The molecule has 1 aliphatic rings. The standard InChI is InChI=1S/C38H34N4O7S/c1-4-47-30-18-14-27(15-19-30)35-34(36(43)40-28-9-7-6-8-10-28)24(3)39-38-41(35)37(44)33(50-38)22-26-13-20-31(32(21-26)48-5-2)49-23-25-11-16-29(17-12-25)42(45)46/h6-22,35H,4-5,23H2,1-3H3,(H,40,43)/b33-22-/t35-/m0/s1. The molecule has 5 aromatic rings. The molecule has 12 heteroatoms. The number of nitrogens with zero attached hydrogens (tertiary/aromatic N) is 3. The van der Waals surface area contributed by atoms with Crippen molar-refractivity contribution in [2.75, 3.05) is 18.5 Å². The zero-order valence-corrected chi connectivity index (χ0v) is 28.4. The minimum Gasteiger partial charge on any atom is -0.494 e. The number of rotatable bonds is 12. The number of thiazole rings is 1. The van der Waals surface area contributed by atoms with E-state index in [9.17, 15) is 19.7 Å². The van der Waals surface area contributed by atoms with Crippen molar-refractivity contribution in [3.63, 3.8) is 0 Å². The highest BCUT2D eigenvalue weighted by Crippen LogP contribution is 2.33. The van der Waals surface area contributed by atoms with E-state index < -0.39 is 11.0 Å². The van der Waals surface area contributed by atoms with Gasteiger partial charge in [0.15, 0.2) is 16.3 Å². The summed E-state index contributed by atoms with van der Waals surface area (Å²) >= 11 is 1.24. The van der Waals surface area contributed by atoms with Crippen molar-refractivity contribution in [3.05, 3.63) is 155 Å². The van der Waals surface area contributed by atoms with Crippen molar-refractivity contribution < 1.29 is 23.9 Å². The molecule has 1 aliphatic heterocycles. The number of hydrogen-bond acceptors (Lipinski definition) is 9. The number of anilines is 1. The van der Waals surface area contributed by atoms with Crippen molar-refractivity contribution in [3.8, 4) is 17.2 Å². The van der Waals surface area contributed by atoms with Gasteiger partial charge < -0.3 is 19.5 Å². The molecule has 254 valence electrons. The number of fused-ring (bicyclic) bond motifs is 1. The molecule has 0 spiro atoms. The Kier molecular flexibility index (Phi) is 10.2. The minimum absolute atomic E-state index is 0.00558. The maximum Gasteiger partial charge on any atom is 0.271 e. The van der Waals surface area contributed by atoms with E-state index in [1.54, 1.807) is 54.0 Å². The summed E-state index contributed by atoms with van der Waals surface area (Å²) in [6.07, 6.45) is 1.77. The largest absolute Gasteiger partial charge is 0.494 e. The number of allylic oxidation sites excluding steroid dienone is 1. The summed E-state index contributed by atoms with van der Waals surface area (Å²) in [5.74, 6) is 1.31. The molecule has 0 aliphatic carbocycles. The van der Waals surface area contributed by atoms with Crippen molar-refractivity contribution in [1.82, 2.24) is 4.57 Å². The lowest BCUT2D eigenvalue weighted by molar-refractivity contribution is -0.384. The average Bonchev–Trinajstić information content (AvgIpc) is 3.42. The molecule has 1 atom stereocenters. The highest BCUT2D eigenvalue weighted by atomic mass is 32.1. The van der Waals surface area contributed by atoms with Gasteiger partial charge in [0.2, 0.25) is 0 Å². The summed E-state index contributed by atoms with van der Waals surface area (Å²) in [5.41, 5.74) is 3.43. The number of para-hydroxylation sites is 1. The van der Waals surface area contributed by atoms with Gasteiger partial charge in [0.05, 0.1) is 40.0 Å². The number of nitro groups is 1. The Morgan fingerprint density at radius 3 is 2.34 bits per heavy atom. The number of benzene rings is 4. The first kappa shape index (κ1) is 33.9. The van der Waals surface area contributed by atoms with Gasteiger partial charge in [-0.3, -0.25) is 24.3 Å². The number of non-ortho nitro benzene ring substituents is 1. The SMILES string of the molecule is CCOc1ccc([C@H]2C(C(=O)Nc3ccccc3)=C(C)N=c3s/c(=C\c4ccc(OCc5ccc([N+](=O)[O-])cc5)c(OCC)c4)c(=O)n32)cc1. The molecule has 0 saturated heterocycles. The monoisotopic (exact) mass is 690 g/mol. The second kappa shape index (κ2) is 15.0. The van der Waals surface area contributed by atoms with Crippen LogP contribution in [0, 0.1) is 10.1 Å². The highest BCUT2D eigenvalue weighted by molar-refractivity contribution is 7.07. The summed E-state index contributed by atoms with van der Waals surface area (Å²) in [6, 6.07) is 27.3. The quantitative estimate of drug-likeness (QED) is 0.122. The van der Waals surface area contributed by atoms with E-state index in [1.807, 2.05) is 62.4 Å². The van der Waals surface area contributed by atoms with Crippen LogP contribution < -0.4 is 34.4 Å². The van der Waals surface area contributed by atoms with Crippen LogP contribution in [-0.2, 0) is 11.4 Å². The van der Waals surface area contributed by atoms with Crippen molar-refractivity contribution in [2.45, 2.75) is 33.4 Å². The van der Waals surface area contributed by atoms with Crippen LogP contribution >= 0.6 is 11.3 Å². The van der Waals surface area contributed by atoms with Crippen LogP contribution in [0.1, 0.15) is 43.5 Å². The molecular weight excluding hydrogens is 657 g/mol. The van der Waals surface area contributed by atoms with Gasteiger partial charge in [-0.15, -0.1) is 0 Å². The van der Waals surface area contributed by atoms with E-state index in [-0.39, 0.29) is 23.8 Å². The van der Waals surface area contributed by atoms with Gasteiger partial charge in [-0.25, -0.2) is 4.99 Å². The Morgan fingerprint density at radius 1 is 0.940 bits per heavy atom. The zero-order valence-electron chi connectivity index (χ0n) is 27.6. The Morgan fingerprint density at radius 2 is 1.66 bits per heavy atom. The fourth-order valence-corrected chi connectivity index (χ4v) is 6.64. The maximum absolute atomic E-state index is 14.2. The van der Waals surface area contributed by atoms with Crippen LogP contribution in [0.25, 0.3) is 6.08 Å². The lowest BCUT2D eigenvalue weighted by atomic mass is 9.95. The Balaban J connectivity index is 1.36. The number of hydrogen-bond donors (Lipinski definition) is 1. The Hall–Kier alpha value is -6.01. The predicted molar refractivity (Wildman–Crippen MR) is 191 cm³/mol. The molecule has 1 aromatic heterocycles. The fraction of sp³-hybridized carbons (Fsp3) is 0.184. The van der Waals surface area contributed by atoms with Crippen molar-refractivity contribution in [1.29, 1.82) is 0 Å². The topological polar surface area (TPSA) is 134 Å². The molecule has 1 N–H and O–H groups in total. The molecule has 0 saturated carbocycles. The van der Waals surface area contributed by atoms with Gasteiger partial charge in [0.25, 0.3) is 17.2 Å².